The van der Waals surface area contributed by atoms with Crippen LogP contribution in [0.3, 0.4) is 0 Å². The number of carbonyl (C=O) groups excluding carboxylic acids is 1. The van der Waals surface area contributed by atoms with Gasteiger partial charge in [0.2, 0.25) is 5.91 Å². The van der Waals surface area contributed by atoms with E-state index in [0.29, 0.717) is 0 Å². The summed E-state index contributed by atoms with van der Waals surface area (Å²) in [5.74, 6) is -0.152. The standard InChI is InChI=1S/C18H26N4O.ClH/c1-11-6-8-15(9-7-11)17(19)18(23)20-12(2)10-16-13(3)21-22(5)14(16)4;/h6-9,12,17H,10,19H2,1-5H3,(H,20,23);1H. The number of benzene rings is 1. The summed E-state index contributed by atoms with van der Waals surface area (Å²) in [6, 6.07) is 7.09. The Hall–Kier alpha value is -1.85. The van der Waals surface area contributed by atoms with E-state index in [1.54, 1.807) is 0 Å². The Labute approximate surface area is 150 Å². The molecule has 1 aromatic carbocycles. The second-order valence-electron chi connectivity index (χ2n) is 6.28. The van der Waals surface area contributed by atoms with Gasteiger partial charge in [-0.05, 0) is 45.2 Å². The molecule has 0 aliphatic carbocycles. The molecule has 0 spiro atoms. The number of hydrogen-bond donors (Lipinski definition) is 2. The minimum absolute atomic E-state index is 0. The number of hydrogen-bond acceptors (Lipinski definition) is 3. The van der Waals surface area contributed by atoms with Crippen molar-refractivity contribution in [3.8, 4) is 0 Å². The molecule has 2 atom stereocenters. The van der Waals surface area contributed by atoms with Crippen molar-refractivity contribution in [1.82, 2.24) is 15.1 Å². The molecular formula is C18H27ClN4O. The van der Waals surface area contributed by atoms with Crippen LogP contribution >= 0.6 is 12.4 Å². The third kappa shape index (κ3) is 4.58. The van der Waals surface area contributed by atoms with Gasteiger partial charge in [0.1, 0.15) is 6.04 Å². The molecule has 5 nitrogen and oxygen atoms in total. The molecule has 24 heavy (non-hydrogen) atoms. The molecule has 1 aromatic heterocycles. The van der Waals surface area contributed by atoms with Gasteiger partial charge in [0, 0.05) is 18.8 Å². The number of nitrogens with zero attached hydrogens (tertiary/aromatic N) is 2. The van der Waals surface area contributed by atoms with Crippen LogP contribution in [-0.2, 0) is 18.3 Å². The topological polar surface area (TPSA) is 72.9 Å². The average Bonchev–Trinajstić information content (AvgIpc) is 2.73. The first-order chi connectivity index (χ1) is 10.8. The first kappa shape index (κ1) is 20.2. The van der Waals surface area contributed by atoms with Crippen LogP contribution in [0.1, 0.15) is 41.0 Å². The number of halogens is 1. The van der Waals surface area contributed by atoms with E-state index in [-0.39, 0.29) is 24.4 Å². The van der Waals surface area contributed by atoms with Crippen LogP contribution < -0.4 is 11.1 Å². The molecule has 2 rings (SSSR count). The molecule has 3 N–H and O–H groups in total. The Morgan fingerprint density at radius 1 is 1.25 bits per heavy atom. The normalized spacial score (nSPS) is 13.1. The van der Waals surface area contributed by atoms with Gasteiger partial charge in [-0.3, -0.25) is 9.48 Å². The van der Waals surface area contributed by atoms with Gasteiger partial charge in [0.15, 0.2) is 0 Å². The van der Waals surface area contributed by atoms with Gasteiger partial charge in [-0.25, -0.2) is 0 Å². The van der Waals surface area contributed by atoms with E-state index >= 15 is 0 Å². The number of aryl methyl sites for hydroxylation is 3. The molecule has 0 saturated carbocycles. The smallest absolute Gasteiger partial charge is 0.241 e. The van der Waals surface area contributed by atoms with E-state index in [1.807, 2.05) is 63.7 Å². The van der Waals surface area contributed by atoms with Gasteiger partial charge in [-0.2, -0.15) is 5.10 Å². The molecule has 1 heterocycles. The predicted molar refractivity (Wildman–Crippen MR) is 99.3 cm³/mol. The monoisotopic (exact) mass is 350 g/mol. The fourth-order valence-electron chi connectivity index (χ4n) is 2.73. The van der Waals surface area contributed by atoms with Gasteiger partial charge in [0.05, 0.1) is 5.69 Å². The molecule has 2 aromatic rings. The Bertz CT molecular complexity index is 694. The largest absolute Gasteiger partial charge is 0.352 e. The third-order valence-corrected chi connectivity index (χ3v) is 4.28. The highest BCUT2D eigenvalue weighted by molar-refractivity contribution is 5.85. The summed E-state index contributed by atoms with van der Waals surface area (Å²) >= 11 is 0. The van der Waals surface area contributed by atoms with Crippen molar-refractivity contribution in [3.05, 3.63) is 52.3 Å². The van der Waals surface area contributed by atoms with Crippen LogP contribution in [0, 0.1) is 20.8 Å². The Morgan fingerprint density at radius 2 is 1.83 bits per heavy atom. The average molecular weight is 351 g/mol. The van der Waals surface area contributed by atoms with Gasteiger partial charge in [-0.15, -0.1) is 12.4 Å². The number of rotatable bonds is 5. The van der Waals surface area contributed by atoms with Crippen LogP contribution in [0.2, 0.25) is 0 Å². The lowest BCUT2D eigenvalue weighted by Crippen LogP contribution is -2.40. The molecule has 0 bridgehead atoms. The summed E-state index contributed by atoms with van der Waals surface area (Å²) in [7, 11) is 1.93. The molecular weight excluding hydrogens is 324 g/mol. The van der Waals surface area contributed by atoms with Gasteiger partial charge in [-0.1, -0.05) is 29.8 Å². The summed E-state index contributed by atoms with van der Waals surface area (Å²) in [6.07, 6.45) is 0.748. The van der Waals surface area contributed by atoms with E-state index in [2.05, 4.69) is 10.4 Å². The number of aromatic nitrogens is 2. The van der Waals surface area contributed by atoms with Crippen LogP contribution in [-0.4, -0.2) is 21.7 Å². The zero-order valence-corrected chi connectivity index (χ0v) is 15.8. The zero-order valence-electron chi connectivity index (χ0n) is 15.0. The lowest BCUT2D eigenvalue weighted by atomic mass is 10.0. The summed E-state index contributed by atoms with van der Waals surface area (Å²) in [5.41, 5.74) is 11.4. The maximum Gasteiger partial charge on any atom is 0.241 e. The number of amides is 1. The molecule has 0 radical (unpaired) electrons. The minimum atomic E-state index is -0.644. The molecule has 0 aliphatic heterocycles. The molecule has 1 amide bonds. The lowest BCUT2D eigenvalue weighted by Gasteiger charge is -2.18. The highest BCUT2D eigenvalue weighted by Gasteiger charge is 2.19. The van der Waals surface area contributed by atoms with Crippen molar-refractivity contribution in [1.29, 1.82) is 0 Å². The summed E-state index contributed by atoms with van der Waals surface area (Å²) in [6.45, 7) is 8.04. The van der Waals surface area contributed by atoms with E-state index in [9.17, 15) is 4.79 Å². The highest BCUT2D eigenvalue weighted by atomic mass is 35.5. The second kappa shape index (κ2) is 8.31. The van der Waals surface area contributed by atoms with Gasteiger partial charge < -0.3 is 11.1 Å². The van der Waals surface area contributed by atoms with E-state index < -0.39 is 6.04 Å². The summed E-state index contributed by atoms with van der Waals surface area (Å²) in [5, 5.41) is 7.42. The van der Waals surface area contributed by atoms with Crippen LogP contribution in [0.4, 0.5) is 0 Å². The Morgan fingerprint density at radius 3 is 2.33 bits per heavy atom. The van der Waals surface area contributed by atoms with Crippen molar-refractivity contribution < 1.29 is 4.79 Å². The van der Waals surface area contributed by atoms with Gasteiger partial charge in [0.25, 0.3) is 0 Å². The van der Waals surface area contributed by atoms with Crippen molar-refractivity contribution in [2.24, 2.45) is 12.8 Å². The van der Waals surface area contributed by atoms with Crippen LogP contribution in [0.15, 0.2) is 24.3 Å². The lowest BCUT2D eigenvalue weighted by molar-refractivity contribution is -0.123. The van der Waals surface area contributed by atoms with Crippen LogP contribution in [0.5, 0.6) is 0 Å². The van der Waals surface area contributed by atoms with Crippen molar-refractivity contribution in [3.63, 3.8) is 0 Å². The molecule has 132 valence electrons. The SMILES string of the molecule is Cc1ccc(C(N)C(=O)NC(C)Cc2c(C)nn(C)c2C)cc1.Cl. The maximum atomic E-state index is 12.3. The maximum absolute atomic E-state index is 12.3. The third-order valence-electron chi connectivity index (χ3n) is 4.28. The number of nitrogens with two attached hydrogens (primary N) is 1. The Kier molecular flexibility index (Phi) is 6.99. The van der Waals surface area contributed by atoms with Crippen molar-refractivity contribution in [2.75, 3.05) is 0 Å². The van der Waals surface area contributed by atoms with Crippen molar-refractivity contribution in [2.45, 2.75) is 46.2 Å². The van der Waals surface area contributed by atoms with Crippen molar-refractivity contribution >= 4 is 18.3 Å². The Balaban J connectivity index is 0.00000288. The molecule has 0 aliphatic rings. The zero-order chi connectivity index (χ0) is 17.1. The van der Waals surface area contributed by atoms with E-state index in [1.165, 1.54) is 5.56 Å². The number of nitrogens with one attached hydrogen (secondary N) is 1. The predicted octanol–water partition coefficient (Wildman–Crippen LogP) is 2.51. The van der Waals surface area contributed by atoms with E-state index in [0.717, 1.165) is 28.9 Å². The molecule has 0 fully saturated rings. The van der Waals surface area contributed by atoms with Gasteiger partial charge >= 0.3 is 0 Å². The molecule has 6 heteroatoms. The number of carbonyl (C=O) groups is 1. The quantitative estimate of drug-likeness (QED) is 0.870. The first-order valence-electron chi connectivity index (χ1n) is 7.91. The fourth-order valence-corrected chi connectivity index (χ4v) is 2.73. The molecule has 2 unspecified atom stereocenters. The summed E-state index contributed by atoms with van der Waals surface area (Å²) < 4.78 is 1.87. The fraction of sp³-hybridized carbons (Fsp3) is 0.444. The minimum Gasteiger partial charge on any atom is -0.352 e. The second-order valence-corrected chi connectivity index (χ2v) is 6.28. The highest BCUT2D eigenvalue weighted by Crippen LogP contribution is 2.15. The van der Waals surface area contributed by atoms with Crippen LogP contribution in [0.25, 0.3) is 0 Å². The molecule has 0 saturated heterocycles. The van der Waals surface area contributed by atoms with E-state index in [4.69, 9.17) is 5.73 Å². The summed E-state index contributed by atoms with van der Waals surface area (Å²) in [4.78, 5) is 12.3. The first-order valence-corrected chi connectivity index (χ1v) is 7.91.